The number of hydrogen-bond donors (Lipinski definition) is 1. The zero-order valence-electron chi connectivity index (χ0n) is 17.1. The number of amides is 2. The number of ether oxygens (including phenoxy) is 1. The van der Waals surface area contributed by atoms with Gasteiger partial charge in [0, 0.05) is 50.5 Å². The average molecular weight is 437 g/mol. The molecule has 1 aliphatic carbocycles. The molecule has 2 aliphatic rings. The number of urea groups is 1. The highest BCUT2D eigenvalue weighted by molar-refractivity contribution is 6.99. The first kappa shape index (κ1) is 19.7. The van der Waals surface area contributed by atoms with E-state index >= 15 is 0 Å². The smallest absolute Gasteiger partial charge is 0.317 e. The van der Waals surface area contributed by atoms with Crippen LogP contribution in [0.4, 0.5) is 10.6 Å². The second kappa shape index (κ2) is 8.89. The van der Waals surface area contributed by atoms with Crippen molar-refractivity contribution >= 4 is 23.6 Å². The minimum absolute atomic E-state index is 0.0219. The van der Waals surface area contributed by atoms with E-state index in [9.17, 15) is 4.79 Å². The number of pyridine rings is 1. The number of carbonyl (C=O) groups excluding carboxylic acids is 1. The van der Waals surface area contributed by atoms with Crippen LogP contribution in [-0.2, 0) is 6.61 Å². The van der Waals surface area contributed by atoms with Gasteiger partial charge in [-0.1, -0.05) is 30.3 Å². The van der Waals surface area contributed by atoms with Gasteiger partial charge in [-0.15, -0.1) is 4.37 Å². The normalized spacial score (nSPS) is 20.4. The van der Waals surface area contributed by atoms with Gasteiger partial charge in [0.1, 0.15) is 6.61 Å². The first-order chi connectivity index (χ1) is 15.3. The van der Waals surface area contributed by atoms with Crippen molar-refractivity contribution in [1.82, 2.24) is 23.9 Å². The third kappa shape index (κ3) is 4.61. The van der Waals surface area contributed by atoms with Gasteiger partial charge in [0.2, 0.25) is 5.82 Å². The van der Waals surface area contributed by atoms with Gasteiger partial charge in [-0.05, 0) is 29.7 Å². The Hall–Kier alpha value is -3.20. The standard InChI is InChI=1S/C22H24N6O2S/c29-22(24-19-14-18(19)17-4-2-1-3-5-17)28-12-10-27(11-13-28)20-21(26-31-25-20)30-15-16-6-8-23-9-7-16/h1-9,18-19H,10-15H2,(H,24,29). The summed E-state index contributed by atoms with van der Waals surface area (Å²) in [4.78, 5) is 20.7. The van der Waals surface area contributed by atoms with Gasteiger partial charge in [0.15, 0.2) is 0 Å². The van der Waals surface area contributed by atoms with Crippen molar-refractivity contribution in [1.29, 1.82) is 0 Å². The largest absolute Gasteiger partial charge is 0.470 e. The molecule has 1 saturated carbocycles. The average Bonchev–Trinajstić information content (AvgIpc) is 3.43. The molecule has 2 fully saturated rings. The third-order valence-electron chi connectivity index (χ3n) is 5.76. The van der Waals surface area contributed by atoms with Crippen LogP contribution in [0.3, 0.4) is 0 Å². The number of nitrogens with zero attached hydrogens (tertiary/aromatic N) is 5. The molecule has 0 bridgehead atoms. The maximum Gasteiger partial charge on any atom is 0.317 e. The lowest BCUT2D eigenvalue weighted by molar-refractivity contribution is 0.193. The molecular formula is C22H24N6O2S. The van der Waals surface area contributed by atoms with Gasteiger partial charge < -0.3 is 19.9 Å². The second-order valence-corrected chi connectivity index (χ2v) is 8.35. The molecule has 8 nitrogen and oxygen atoms in total. The van der Waals surface area contributed by atoms with E-state index in [0.717, 1.165) is 29.5 Å². The van der Waals surface area contributed by atoms with Gasteiger partial charge in [0.05, 0.1) is 11.7 Å². The highest BCUT2D eigenvalue weighted by Crippen LogP contribution is 2.40. The molecule has 0 spiro atoms. The molecule has 1 saturated heterocycles. The van der Waals surface area contributed by atoms with Crippen LogP contribution in [0, 0.1) is 0 Å². The van der Waals surface area contributed by atoms with E-state index in [1.807, 2.05) is 35.2 Å². The number of benzene rings is 1. The van der Waals surface area contributed by atoms with Crippen molar-refractivity contribution in [2.45, 2.75) is 25.0 Å². The monoisotopic (exact) mass is 436 g/mol. The van der Waals surface area contributed by atoms with Gasteiger partial charge in [-0.2, -0.15) is 4.37 Å². The maximum atomic E-state index is 12.7. The van der Waals surface area contributed by atoms with Gasteiger partial charge in [-0.25, -0.2) is 4.79 Å². The van der Waals surface area contributed by atoms with Crippen molar-refractivity contribution in [3.63, 3.8) is 0 Å². The number of carbonyl (C=O) groups is 1. The lowest BCUT2D eigenvalue weighted by atomic mass is 10.1. The van der Waals surface area contributed by atoms with E-state index in [2.05, 4.69) is 36.1 Å². The van der Waals surface area contributed by atoms with Gasteiger partial charge in [0.25, 0.3) is 5.88 Å². The minimum Gasteiger partial charge on any atom is -0.470 e. The van der Waals surface area contributed by atoms with Crippen LogP contribution in [-0.4, -0.2) is 56.9 Å². The lowest BCUT2D eigenvalue weighted by Gasteiger charge is -2.34. The Labute approximate surface area is 185 Å². The van der Waals surface area contributed by atoms with Crippen molar-refractivity contribution in [2.24, 2.45) is 0 Å². The van der Waals surface area contributed by atoms with Gasteiger partial charge in [-0.3, -0.25) is 4.98 Å². The fourth-order valence-corrected chi connectivity index (χ4v) is 4.41. The van der Waals surface area contributed by atoms with E-state index in [1.54, 1.807) is 12.4 Å². The van der Waals surface area contributed by atoms with E-state index in [1.165, 1.54) is 5.56 Å². The Balaban J connectivity index is 1.11. The number of anilines is 1. The SMILES string of the molecule is O=C(NC1CC1c1ccccc1)N1CCN(c2nsnc2OCc2ccncc2)CC1. The lowest BCUT2D eigenvalue weighted by Crippen LogP contribution is -2.52. The van der Waals surface area contributed by atoms with Crippen LogP contribution in [0.15, 0.2) is 54.9 Å². The molecule has 5 rings (SSSR count). The molecule has 2 amide bonds. The molecule has 3 aromatic rings. The van der Waals surface area contributed by atoms with Crippen LogP contribution in [0.2, 0.25) is 0 Å². The highest BCUT2D eigenvalue weighted by Gasteiger charge is 2.40. The molecule has 3 heterocycles. The number of rotatable bonds is 6. The van der Waals surface area contributed by atoms with Crippen LogP contribution in [0.1, 0.15) is 23.5 Å². The molecule has 1 aromatic carbocycles. The summed E-state index contributed by atoms with van der Waals surface area (Å²) in [5.41, 5.74) is 2.33. The molecule has 160 valence electrons. The molecule has 0 radical (unpaired) electrons. The summed E-state index contributed by atoms with van der Waals surface area (Å²) < 4.78 is 14.6. The van der Waals surface area contributed by atoms with Gasteiger partial charge >= 0.3 is 6.03 Å². The zero-order chi connectivity index (χ0) is 21.0. The molecule has 31 heavy (non-hydrogen) atoms. The predicted molar refractivity (Wildman–Crippen MR) is 118 cm³/mol. The third-order valence-corrected chi connectivity index (χ3v) is 6.26. The Kier molecular flexibility index (Phi) is 5.66. The van der Waals surface area contributed by atoms with Crippen molar-refractivity contribution < 1.29 is 9.53 Å². The van der Waals surface area contributed by atoms with Crippen molar-refractivity contribution in [2.75, 3.05) is 31.1 Å². The number of hydrogen-bond acceptors (Lipinski definition) is 7. The van der Waals surface area contributed by atoms with Crippen molar-refractivity contribution in [3.8, 4) is 5.88 Å². The summed E-state index contributed by atoms with van der Waals surface area (Å²) in [5, 5.41) is 3.18. The topological polar surface area (TPSA) is 83.5 Å². The number of nitrogens with one attached hydrogen (secondary N) is 1. The maximum absolute atomic E-state index is 12.7. The summed E-state index contributed by atoms with van der Waals surface area (Å²) in [6, 6.07) is 14.5. The van der Waals surface area contributed by atoms with Crippen LogP contribution >= 0.6 is 11.7 Å². The molecular weight excluding hydrogens is 412 g/mol. The zero-order valence-corrected chi connectivity index (χ0v) is 17.9. The Morgan fingerprint density at radius 1 is 1.06 bits per heavy atom. The Morgan fingerprint density at radius 3 is 2.61 bits per heavy atom. The van der Waals surface area contributed by atoms with E-state index in [0.29, 0.717) is 44.6 Å². The molecule has 9 heteroatoms. The minimum atomic E-state index is 0.0219. The summed E-state index contributed by atoms with van der Waals surface area (Å²) in [7, 11) is 0. The molecule has 2 unspecified atom stereocenters. The number of piperazine rings is 1. The predicted octanol–water partition coefficient (Wildman–Crippen LogP) is 2.90. The number of aromatic nitrogens is 3. The molecule has 2 atom stereocenters. The molecule has 1 aliphatic heterocycles. The first-order valence-electron chi connectivity index (χ1n) is 10.5. The quantitative estimate of drug-likeness (QED) is 0.640. The van der Waals surface area contributed by atoms with Crippen LogP contribution < -0.4 is 15.0 Å². The van der Waals surface area contributed by atoms with Crippen LogP contribution in [0.25, 0.3) is 0 Å². The fourth-order valence-electron chi connectivity index (χ4n) is 3.89. The highest BCUT2D eigenvalue weighted by atomic mass is 32.1. The summed E-state index contributed by atoms with van der Waals surface area (Å²) in [5.74, 6) is 1.74. The van der Waals surface area contributed by atoms with E-state index < -0.39 is 0 Å². The van der Waals surface area contributed by atoms with Crippen LogP contribution in [0.5, 0.6) is 5.88 Å². The summed E-state index contributed by atoms with van der Waals surface area (Å²) in [6.45, 7) is 3.13. The Morgan fingerprint density at radius 2 is 1.84 bits per heavy atom. The van der Waals surface area contributed by atoms with E-state index in [4.69, 9.17) is 4.74 Å². The fraction of sp³-hybridized carbons (Fsp3) is 0.364. The van der Waals surface area contributed by atoms with E-state index in [-0.39, 0.29) is 12.1 Å². The summed E-state index contributed by atoms with van der Waals surface area (Å²) >= 11 is 1.15. The first-order valence-corrected chi connectivity index (χ1v) is 11.2. The van der Waals surface area contributed by atoms with Crippen molar-refractivity contribution in [3.05, 3.63) is 66.0 Å². The summed E-state index contributed by atoms with van der Waals surface area (Å²) in [6.07, 6.45) is 4.50. The molecule has 2 aromatic heterocycles. The molecule has 1 N–H and O–H groups in total. The Bertz CT molecular complexity index is 1010. The second-order valence-electron chi connectivity index (χ2n) is 7.82.